The van der Waals surface area contributed by atoms with E-state index in [-0.39, 0.29) is 11.9 Å². The normalized spacial score (nSPS) is 17.0. The second-order valence-electron chi connectivity index (χ2n) is 6.50. The fourth-order valence-corrected chi connectivity index (χ4v) is 3.08. The van der Waals surface area contributed by atoms with Crippen molar-refractivity contribution in [2.45, 2.75) is 32.7 Å². The molecule has 0 aliphatic carbocycles. The lowest BCUT2D eigenvalue weighted by atomic mass is 10.1. The van der Waals surface area contributed by atoms with Crippen molar-refractivity contribution in [2.24, 2.45) is 0 Å². The first-order valence-corrected chi connectivity index (χ1v) is 9.34. The highest BCUT2D eigenvalue weighted by atomic mass is 16.5. The molecule has 9 nitrogen and oxygen atoms in total. The molecule has 1 aromatic heterocycles. The van der Waals surface area contributed by atoms with Crippen LogP contribution in [0.25, 0.3) is 0 Å². The highest BCUT2D eigenvalue weighted by Gasteiger charge is 2.34. The third kappa shape index (κ3) is 4.24. The van der Waals surface area contributed by atoms with Crippen molar-refractivity contribution < 1.29 is 18.8 Å². The highest BCUT2D eigenvalue weighted by Crippen LogP contribution is 2.23. The molecule has 0 radical (unpaired) electrons. The summed E-state index contributed by atoms with van der Waals surface area (Å²) < 4.78 is 10.2. The summed E-state index contributed by atoms with van der Waals surface area (Å²) in [6, 6.07) is 6.49. The Morgan fingerprint density at radius 2 is 2.07 bits per heavy atom. The van der Waals surface area contributed by atoms with Gasteiger partial charge in [0, 0.05) is 38.2 Å². The van der Waals surface area contributed by atoms with Crippen LogP contribution in [-0.2, 0) is 17.6 Å². The van der Waals surface area contributed by atoms with Crippen LogP contribution in [0.4, 0.5) is 10.5 Å². The van der Waals surface area contributed by atoms with E-state index in [0.29, 0.717) is 44.2 Å². The maximum atomic E-state index is 12.8. The van der Waals surface area contributed by atoms with Gasteiger partial charge in [-0.2, -0.15) is 4.98 Å². The molecule has 0 saturated carbocycles. The Balaban J connectivity index is 1.54. The van der Waals surface area contributed by atoms with E-state index in [9.17, 15) is 9.59 Å². The minimum absolute atomic E-state index is 0.114. The molecule has 9 heteroatoms. The first-order valence-electron chi connectivity index (χ1n) is 9.34. The zero-order valence-corrected chi connectivity index (χ0v) is 16.3. The van der Waals surface area contributed by atoms with E-state index in [4.69, 9.17) is 9.26 Å². The van der Waals surface area contributed by atoms with Gasteiger partial charge in [-0.1, -0.05) is 12.1 Å². The van der Waals surface area contributed by atoms with Crippen LogP contribution >= 0.6 is 0 Å². The maximum Gasteiger partial charge on any atom is 0.318 e. The molecule has 1 saturated heterocycles. The molecular formula is C19H25N5O4. The molecule has 0 bridgehead atoms. The molecule has 2 aromatic rings. The van der Waals surface area contributed by atoms with Gasteiger partial charge in [-0.05, 0) is 31.2 Å². The predicted octanol–water partition coefficient (Wildman–Crippen LogP) is 1.63. The summed E-state index contributed by atoms with van der Waals surface area (Å²) in [6.45, 7) is 4.94. The first kappa shape index (κ1) is 19.7. The number of carbonyl (C=O) groups is 2. The molecule has 0 spiro atoms. The third-order valence-electron chi connectivity index (χ3n) is 4.74. The van der Waals surface area contributed by atoms with E-state index in [1.807, 2.05) is 31.2 Å². The summed E-state index contributed by atoms with van der Waals surface area (Å²) in [5, 5.41) is 6.69. The fourth-order valence-electron chi connectivity index (χ4n) is 3.08. The topological polar surface area (TPSA) is 101 Å². The van der Waals surface area contributed by atoms with E-state index in [0.717, 1.165) is 11.4 Å². The Kier molecular flexibility index (Phi) is 6.13. The predicted molar refractivity (Wildman–Crippen MR) is 102 cm³/mol. The molecule has 0 unspecified atom stereocenters. The summed E-state index contributed by atoms with van der Waals surface area (Å²) in [4.78, 5) is 32.7. The third-order valence-corrected chi connectivity index (χ3v) is 4.74. The van der Waals surface area contributed by atoms with E-state index in [1.54, 1.807) is 23.8 Å². The molecule has 1 atom stereocenters. The average molecular weight is 387 g/mol. The molecule has 28 heavy (non-hydrogen) atoms. The number of nitrogens with one attached hydrogen (secondary N) is 1. The van der Waals surface area contributed by atoms with Crippen molar-refractivity contribution in [3.63, 3.8) is 0 Å². The summed E-state index contributed by atoms with van der Waals surface area (Å²) in [5.41, 5.74) is 0.793. The zero-order valence-electron chi connectivity index (χ0n) is 16.3. The molecule has 150 valence electrons. The number of nitrogens with zero attached hydrogens (tertiary/aromatic N) is 4. The van der Waals surface area contributed by atoms with Crippen LogP contribution in [0.1, 0.15) is 25.6 Å². The molecule has 2 heterocycles. The van der Waals surface area contributed by atoms with E-state index in [1.165, 1.54) is 0 Å². The van der Waals surface area contributed by atoms with Crippen LogP contribution in [0.15, 0.2) is 28.8 Å². The largest absolute Gasteiger partial charge is 0.497 e. The average Bonchev–Trinajstić information content (AvgIpc) is 3.18. The number of hydrogen-bond donors (Lipinski definition) is 1. The number of amides is 3. The fraction of sp³-hybridized carbons (Fsp3) is 0.474. The second-order valence-corrected chi connectivity index (χ2v) is 6.50. The number of aromatic nitrogens is 2. The summed E-state index contributed by atoms with van der Waals surface area (Å²) in [6.07, 6.45) is 1.15. The number of ether oxygens (including phenoxy) is 1. The number of benzene rings is 1. The van der Waals surface area contributed by atoms with Gasteiger partial charge in [0.25, 0.3) is 0 Å². The van der Waals surface area contributed by atoms with Gasteiger partial charge in [-0.15, -0.1) is 0 Å². The van der Waals surface area contributed by atoms with E-state index < -0.39 is 6.04 Å². The second kappa shape index (κ2) is 8.73. The smallest absolute Gasteiger partial charge is 0.318 e. The van der Waals surface area contributed by atoms with Gasteiger partial charge in [0.2, 0.25) is 11.8 Å². The Labute approximate surface area is 163 Å². The number of rotatable bonds is 6. The van der Waals surface area contributed by atoms with Gasteiger partial charge in [-0.25, -0.2) is 4.79 Å². The van der Waals surface area contributed by atoms with Gasteiger partial charge >= 0.3 is 6.03 Å². The zero-order chi connectivity index (χ0) is 20.1. The van der Waals surface area contributed by atoms with Gasteiger partial charge in [0.15, 0.2) is 5.82 Å². The summed E-state index contributed by atoms with van der Waals surface area (Å²) in [5.74, 6) is 1.76. The lowest BCUT2D eigenvalue weighted by Gasteiger charge is -2.39. The molecular weight excluding hydrogens is 362 g/mol. The van der Waals surface area contributed by atoms with Crippen LogP contribution in [0.5, 0.6) is 5.75 Å². The number of methoxy groups -OCH3 is 1. The monoisotopic (exact) mass is 387 g/mol. The van der Waals surface area contributed by atoms with Gasteiger partial charge < -0.3 is 24.4 Å². The van der Waals surface area contributed by atoms with Crippen molar-refractivity contribution in [3.8, 4) is 5.75 Å². The molecule has 1 aliphatic heterocycles. The van der Waals surface area contributed by atoms with Gasteiger partial charge in [0.05, 0.1) is 7.11 Å². The summed E-state index contributed by atoms with van der Waals surface area (Å²) >= 11 is 0. The molecule has 3 amide bonds. The Morgan fingerprint density at radius 1 is 1.32 bits per heavy atom. The van der Waals surface area contributed by atoms with Crippen molar-refractivity contribution in [2.75, 3.05) is 31.6 Å². The van der Waals surface area contributed by atoms with Gasteiger partial charge in [-0.3, -0.25) is 4.79 Å². The Morgan fingerprint density at radius 3 is 2.71 bits per heavy atom. The quantitative estimate of drug-likeness (QED) is 0.809. The molecule has 3 rings (SSSR count). The highest BCUT2D eigenvalue weighted by molar-refractivity contribution is 6.00. The molecule has 1 aromatic carbocycles. The minimum atomic E-state index is -0.548. The lowest BCUT2D eigenvalue weighted by molar-refractivity contribution is -0.124. The summed E-state index contributed by atoms with van der Waals surface area (Å²) in [7, 11) is 1.60. The number of piperazine rings is 1. The number of urea groups is 1. The van der Waals surface area contributed by atoms with E-state index >= 15 is 0 Å². The SMILES string of the molecule is CCc1nc(CCNC(=O)N2CCN(c3ccc(OC)cc3)C(=O)[C@@H]2C)no1. The van der Waals surface area contributed by atoms with Crippen molar-refractivity contribution >= 4 is 17.6 Å². The standard InChI is InChI=1S/C19H25N5O4/c1-4-17-21-16(22-28-17)9-10-20-19(26)23-11-12-24(18(25)13(23)2)14-5-7-15(27-3)8-6-14/h5-8,13H,4,9-12H2,1-3H3,(H,20,26)/t13-/m0/s1. The van der Waals surface area contributed by atoms with Crippen molar-refractivity contribution in [3.05, 3.63) is 36.0 Å². The Bertz CT molecular complexity index is 820. The number of aryl methyl sites for hydroxylation is 1. The van der Waals surface area contributed by atoms with Crippen LogP contribution in [0.2, 0.25) is 0 Å². The van der Waals surface area contributed by atoms with Crippen LogP contribution in [-0.4, -0.2) is 59.8 Å². The van der Waals surface area contributed by atoms with Crippen LogP contribution in [0.3, 0.4) is 0 Å². The van der Waals surface area contributed by atoms with E-state index in [2.05, 4.69) is 15.5 Å². The minimum Gasteiger partial charge on any atom is -0.497 e. The maximum absolute atomic E-state index is 12.8. The van der Waals surface area contributed by atoms with Crippen molar-refractivity contribution in [1.82, 2.24) is 20.4 Å². The van der Waals surface area contributed by atoms with Gasteiger partial charge in [0.1, 0.15) is 11.8 Å². The molecule has 1 aliphatic rings. The van der Waals surface area contributed by atoms with Crippen LogP contribution in [0, 0.1) is 0 Å². The number of anilines is 1. The molecule has 1 fully saturated rings. The number of carbonyl (C=O) groups excluding carboxylic acids is 2. The Hall–Kier alpha value is -3.10. The van der Waals surface area contributed by atoms with Crippen LogP contribution < -0.4 is 15.0 Å². The molecule has 1 N–H and O–H groups in total. The lowest BCUT2D eigenvalue weighted by Crippen LogP contribution is -2.59. The number of hydrogen-bond acceptors (Lipinski definition) is 6. The first-order chi connectivity index (χ1) is 13.5. The van der Waals surface area contributed by atoms with Crippen molar-refractivity contribution in [1.29, 1.82) is 0 Å².